The van der Waals surface area contributed by atoms with Crippen molar-refractivity contribution in [3.63, 3.8) is 0 Å². The van der Waals surface area contributed by atoms with Gasteiger partial charge in [0.2, 0.25) is 0 Å². The fourth-order valence-corrected chi connectivity index (χ4v) is 3.02. The van der Waals surface area contributed by atoms with Crippen LogP contribution < -0.4 is 5.32 Å². The first-order valence-corrected chi connectivity index (χ1v) is 8.65. The molecule has 2 aromatic carbocycles. The highest BCUT2D eigenvalue weighted by atomic mass is 19.4. The molecule has 2 heterocycles. The summed E-state index contributed by atoms with van der Waals surface area (Å²) in [7, 11) is 0. The molecule has 2 aromatic heterocycles. The van der Waals surface area contributed by atoms with Gasteiger partial charge in [0.05, 0.1) is 5.69 Å². The van der Waals surface area contributed by atoms with Gasteiger partial charge in [-0.25, -0.2) is 0 Å². The topological polar surface area (TPSA) is 89.6 Å². The zero-order valence-electron chi connectivity index (χ0n) is 15.2. The Hall–Kier alpha value is -3.75. The van der Waals surface area contributed by atoms with Gasteiger partial charge in [-0.05, 0) is 41.8 Å². The van der Waals surface area contributed by atoms with Crippen LogP contribution >= 0.6 is 0 Å². The molecule has 4 N–H and O–H groups in total. The first-order valence-electron chi connectivity index (χ1n) is 8.65. The third-order valence-corrected chi connectivity index (χ3v) is 4.47. The molecular formula is C20H16F3N5O. The molecule has 0 atom stereocenters. The molecule has 0 fully saturated rings. The van der Waals surface area contributed by atoms with E-state index in [1.165, 1.54) is 6.20 Å². The number of aromatic nitrogens is 4. The van der Waals surface area contributed by atoms with Crippen molar-refractivity contribution in [2.24, 2.45) is 0 Å². The van der Waals surface area contributed by atoms with E-state index in [1.54, 1.807) is 48.5 Å². The SMILES string of the molecule is Cc1cc(O)ccc1Nc1cc(-c2ccc(-c3c[nH]nc3C(F)(F)F)cc2)[nH]n1. The van der Waals surface area contributed by atoms with Crippen LogP contribution in [0.1, 0.15) is 11.3 Å². The molecular weight excluding hydrogens is 383 g/mol. The second-order valence-electron chi connectivity index (χ2n) is 6.51. The van der Waals surface area contributed by atoms with Gasteiger partial charge in [0, 0.05) is 23.5 Å². The molecule has 0 aliphatic carbocycles. The number of phenolic OH excluding ortho intramolecular Hbond substituents is 1. The third kappa shape index (κ3) is 3.79. The minimum atomic E-state index is -4.52. The highest BCUT2D eigenvalue weighted by Gasteiger charge is 2.36. The number of nitrogens with zero attached hydrogens (tertiary/aromatic N) is 2. The number of benzene rings is 2. The second-order valence-corrected chi connectivity index (χ2v) is 6.51. The molecule has 0 aliphatic rings. The summed E-state index contributed by atoms with van der Waals surface area (Å²) in [5, 5.41) is 25.3. The predicted octanol–water partition coefficient (Wildman–Crippen LogP) is 5.24. The van der Waals surface area contributed by atoms with Crippen LogP contribution in [0.3, 0.4) is 0 Å². The number of aromatic hydroxyl groups is 1. The first-order chi connectivity index (χ1) is 13.8. The van der Waals surface area contributed by atoms with Gasteiger partial charge in [0.15, 0.2) is 11.5 Å². The van der Waals surface area contributed by atoms with E-state index in [2.05, 4.69) is 25.7 Å². The maximum absolute atomic E-state index is 13.0. The van der Waals surface area contributed by atoms with Crippen LogP contribution in [0.5, 0.6) is 5.75 Å². The van der Waals surface area contributed by atoms with Gasteiger partial charge in [-0.1, -0.05) is 24.3 Å². The molecule has 0 aliphatic heterocycles. The molecule has 0 bridgehead atoms. The van der Waals surface area contributed by atoms with Crippen molar-refractivity contribution in [3.8, 4) is 28.1 Å². The molecule has 6 nitrogen and oxygen atoms in total. The van der Waals surface area contributed by atoms with Crippen LogP contribution in [-0.2, 0) is 6.18 Å². The summed E-state index contributed by atoms with van der Waals surface area (Å²) < 4.78 is 39.1. The molecule has 0 saturated carbocycles. The van der Waals surface area contributed by atoms with Crippen molar-refractivity contribution in [3.05, 3.63) is 66.0 Å². The fraction of sp³-hybridized carbons (Fsp3) is 0.100. The molecule has 4 aromatic rings. The highest BCUT2D eigenvalue weighted by molar-refractivity contribution is 5.72. The first kappa shape index (κ1) is 18.6. The van der Waals surface area contributed by atoms with E-state index in [-0.39, 0.29) is 11.3 Å². The number of anilines is 2. The Morgan fingerprint density at radius 1 is 0.966 bits per heavy atom. The van der Waals surface area contributed by atoms with Crippen molar-refractivity contribution in [1.29, 1.82) is 0 Å². The Morgan fingerprint density at radius 2 is 1.69 bits per heavy atom. The standard InChI is InChI=1S/C20H16F3N5O/c1-11-8-14(29)6-7-16(11)25-18-9-17(26-27-18)13-4-2-12(3-5-13)15-10-24-28-19(15)20(21,22)23/h2-10,29H,1H3,(H,24,28)(H2,25,26,27). The van der Waals surface area contributed by atoms with E-state index < -0.39 is 11.9 Å². The predicted molar refractivity (Wildman–Crippen MR) is 103 cm³/mol. The van der Waals surface area contributed by atoms with E-state index >= 15 is 0 Å². The van der Waals surface area contributed by atoms with Crippen LogP contribution in [0, 0.1) is 6.92 Å². The number of aryl methyl sites for hydroxylation is 1. The number of H-pyrrole nitrogens is 2. The van der Waals surface area contributed by atoms with Crippen molar-refractivity contribution >= 4 is 11.5 Å². The number of phenols is 1. The lowest BCUT2D eigenvalue weighted by Gasteiger charge is -2.07. The normalized spacial score (nSPS) is 11.6. The van der Waals surface area contributed by atoms with E-state index in [4.69, 9.17) is 0 Å². The van der Waals surface area contributed by atoms with Gasteiger partial charge in [0.1, 0.15) is 5.75 Å². The van der Waals surface area contributed by atoms with Crippen LogP contribution in [0.15, 0.2) is 54.7 Å². The molecule has 0 saturated heterocycles. The maximum Gasteiger partial charge on any atom is 0.435 e. The molecule has 9 heteroatoms. The fourth-order valence-electron chi connectivity index (χ4n) is 3.02. The van der Waals surface area contributed by atoms with Crippen LogP contribution in [0.4, 0.5) is 24.7 Å². The summed E-state index contributed by atoms with van der Waals surface area (Å²) in [5.74, 6) is 0.759. The number of hydrogen-bond acceptors (Lipinski definition) is 4. The Kier molecular flexibility index (Phi) is 4.50. The number of alkyl halides is 3. The number of aromatic amines is 2. The summed E-state index contributed by atoms with van der Waals surface area (Å²) in [6.45, 7) is 1.86. The minimum absolute atomic E-state index is 0.00109. The lowest BCUT2D eigenvalue weighted by molar-refractivity contribution is -0.140. The summed E-state index contributed by atoms with van der Waals surface area (Å²) >= 11 is 0. The van der Waals surface area contributed by atoms with Gasteiger partial charge < -0.3 is 10.4 Å². The number of rotatable bonds is 4. The molecule has 0 unspecified atom stereocenters. The van der Waals surface area contributed by atoms with E-state index in [1.807, 2.05) is 6.92 Å². The average molecular weight is 399 g/mol. The summed E-state index contributed by atoms with van der Waals surface area (Å²) in [4.78, 5) is 0. The summed E-state index contributed by atoms with van der Waals surface area (Å²) in [5.41, 5.74) is 2.61. The minimum Gasteiger partial charge on any atom is -0.508 e. The van der Waals surface area contributed by atoms with Crippen LogP contribution in [0.2, 0.25) is 0 Å². The summed E-state index contributed by atoms with van der Waals surface area (Å²) in [6.07, 6.45) is -3.29. The van der Waals surface area contributed by atoms with Gasteiger partial charge in [-0.15, -0.1) is 0 Å². The van der Waals surface area contributed by atoms with Crippen molar-refractivity contribution < 1.29 is 18.3 Å². The van der Waals surface area contributed by atoms with Gasteiger partial charge in [-0.3, -0.25) is 10.2 Å². The van der Waals surface area contributed by atoms with Crippen molar-refractivity contribution in [2.45, 2.75) is 13.1 Å². The van der Waals surface area contributed by atoms with Gasteiger partial charge in [-0.2, -0.15) is 23.4 Å². The molecule has 0 amide bonds. The monoisotopic (exact) mass is 399 g/mol. The van der Waals surface area contributed by atoms with E-state index in [0.717, 1.165) is 16.8 Å². The summed E-state index contributed by atoms with van der Waals surface area (Å²) in [6, 6.07) is 13.4. The zero-order chi connectivity index (χ0) is 20.6. The Labute approximate surface area is 163 Å². The molecule has 4 rings (SSSR count). The molecule has 29 heavy (non-hydrogen) atoms. The second kappa shape index (κ2) is 7.01. The van der Waals surface area contributed by atoms with E-state index in [9.17, 15) is 18.3 Å². The maximum atomic E-state index is 13.0. The average Bonchev–Trinajstić information content (AvgIpc) is 3.33. The number of halogens is 3. The lowest BCUT2D eigenvalue weighted by Crippen LogP contribution is -2.07. The van der Waals surface area contributed by atoms with Crippen LogP contribution in [0.25, 0.3) is 22.4 Å². The Balaban J connectivity index is 1.55. The van der Waals surface area contributed by atoms with Crippen molar-refractivity contribution in [1.82, 2.24) is 20.4 Å². The van der Waals surface area contributed by atoms with Crippen molar-refractivity contribution in [2.75, 3.05) is 5.32 Å². The van der Waals surface area contributed by atoms with E-state index in [0.29, 0.717) is 17.1 Å². The Bertz CT molecular complexity index is 1150. The molecule has 0 radical (unpaired) electrons. The molecule has 0 spiro atoms. The van der Waals surface area contributed by atoms with Gasteiger partial charge >= 0.3 is 6.18 Å². The number of nitrogens with one attached hydrogen (secondary N) is 3. The smallest absolute Gasteiger partial charge is 0.435 e. The Morgan fingerprint density at radius 3 is 2.38 bits per heavy atom. The highest BCUT2D eigenvalue weighted by Crippen LogP contribution is 2.36. The third-order valence-electron chi connectivity index (χ3n) is 4.47. The lowest BCUT2D eigenvalue weighted by atomic mass is 10.0. The van der Waals surface area contributed by atoms with Crippen LogP contribution in [-0.4, -0.2) is 25.5 Å². The zero-order valence-corrected chi connectivity index (χ0v) is 15.2. The largest absolute Gasteiger partial charge is 0.508 e. The quantitative estimate of drug-likeness (QED) is 0.353. The number of hydrogen-bond donors (Lipinski definition) is 4. The molecule has 148 valence electrons. The van der Waals surface area contributed by atoms with Gasteiger partial charge in [0.25, 0.3) is 0 Å².